The van der Waals surface area contributed by atoms with Crippen LogP contribution in [0.3, 0.4) is 0 Å². The van der Waals surface area contributed by atoms with Crippen LogP contribution in [-0.2, 0) is 22.6 Å². The van der Waals surface area contributed by atoms with E-state index in [4.69, 9.17) is 22.1 Å². The van der Waals surface area contributed by atoms with E-state index in [1.165, 1.54) is 0 Å². The van der Waals surface area contributed by atoms with Gasteiger partial charge in [0.05, 0.1) is 0 Å². The van der Waals surface area contributed by atoms with Crippen molar-refractivity contribution in [3.05, 3.63) is 101 Å². The molecule has 0 atom stereocenters. The highest BCUT2D eigenvalue weighted by Gasteiger charge is 2.15. The largest absolute Gasteiger partial charge is 0.487 e. The number of nitrogens with two attached hydrogens (primary N) is 1. The summed E-state index contributed by atoms with van der Waals surface area (Å²) in [6.45, 7) is 5.07. The first-order valence-electron chi connectivity index (χ1n) is 10.6. The van der Waals surface area contributed by atoms with Gasteiger partial charge in [-0.15, -0.1) is 0 Å². The zero-order valence-electron chi connectivity index (χ0n) is 19.2. The molecule has 3 aromatic carbocycles. The summed E-state index contributed by atoms with van der Waals surface area (Å²) in [5.74, 6) is -0.233. The van der Waals surface area contributed by atoms with Crippen LogP contribution in [0.5, 0.6) is 0 Å². The number of aryl methyl sites for hydroxylation is 2. The molecule has 3 rings (SSSR count). The van der Waals surface area contributed by atoms with E-state index >= 15 is 0 Å². The van der Waals surface area contributed by atoms with Crippen LogP contribution in [0.4, 0.5) is 5.69 Å². The molecule has 0 saturated carbocycles. The number of hydrogen-bond acceptors (Lipinski definition) is 4. The number of benzene rings is 3. The van der Waals surface area contributed by atoms with Crippen LogP contribution in [0.2, 0.25) is 0 Å². The van der Waals surface area contributed by atoms with Gasteiger partial charge in [0.25, 0.3) is 16.3 Å². The van der Waals surface area contributed by atoms with E-state index < -0.39 is 5.17 Å². The first-order valence-corrected chi connectivity index (χ1v) is 11.4. The van der Waals surface area contributed by atoms with Crippen LogP contribution < -0.4 is 11.1 Å². The molecule has 6 nitrogen and oxygen atoms in total. The molecule has 0 heterocycles. The molecule has 4 N–H and O–H groups in total. The molecule has 3 aromatic rings. The fourth-order valence-corrected chi connectivity index (χ4v) is 3.34. The fourth-order valence-electron chi connectivity index (χ4n) is 3.15. The summed E-state index contributed by atoms with van der Waals surface area (Å²) in [4.78, 5) is 14.3. The lowest BCUT2D eigenvalue weighted by molar-refractivity contribution is -0.118. The van der Waals surface area contributed by atoms with E-state index in [2.05, 4.69) is 23.3 Å². The molecule has 0 saturated heterocycles. The number of carbonyl (C=O) groups is 1. The predicted molar refractivity (Wildman–Crippen MR) is 145 cm³/mol. The van der Waals surface area contributed by atoms with Crippen molar-refractivity contribution in [3.63, 3.8) is 0 Å². The first-order chi connectivity index (χ1) is 16.2. The Hall–Kier alpha value is -3.49. The molecule has 0 aliphatic heterocycles. The quantitative estimate of drug-likeness (QED) is 0.396. The Balaban J connectivity index is 0.000000945. The number of aliphatic hydroxyl groups excluding tert-OH is 1. The minimum atomic E-state index is -0.500. The van der Waals surface area contributed by atoms with Gasteiger partial charge in [-0.1, -0.05) is 78.4 Å². The Morgan fingerprint density at radius 1 is 0.941 bits per heavy atom. The van der Waals surface area contributed by atoms with Gasteiger partial charge in [-0.05, 0) is 61.0 Å². The smallest absolute Gasteiger partial charge is 0.262 e. The van der Waals surface area contributed by atoms with Gasteiger partial charge >= 0.3 is 0 Å². The van der Waals surface area contributed by atoms with Crippen molar-refractivity contribution in [2.24, 2.45) is 5.73 Å². The summed E-state index contributed by atoms with van der Waals surface area (Å²) in [7, 11) is 0. The van der Waals surface area contributed by atoms with Crippen LogP contribution >= 0.6 is 24.4 Å². The number of carbonyl (C=O) groups excluding carboxylic acids is 1. The Morgan fingerprint density at radius 3 is 1.91 bits per heavy atom. The third-order valence-corrected chi connectivity index (χ3v) is 5.05. The maximum Gasteiger partial charge on any atom is 0.262 e. The maximum absolute atomic E-state index is 12.4. The lowest BCUT2D eigenvalue weighted by atomic mass is 10.1. The van der Waals surface area contributed by atoms with E-state index in [0.29, 0.717) is 18.3 Å². The second kappa shape index (κ2) is 13.9. The van der Waals surface area contributed by atoms with Crippen molar-refractivity contribution in [2.45, 2.75) is 26.9 Å². The lowest BCUT2D eigenvalue weighted by Crippen LogP contribution is -2.33. The number of nitrogens with zero attached hydrogens (tertiary/aromatic N) is 1. The Morgan fingerprint density at radius 2 is 1.44 bits per heavy atom. The monoisotopic (exact) mass is 495 g/mol. The second-order valence-electron chi connectivity index (χ2n) is 7.59. The van der Waals surface area contributed by atoms with Crippen molar-refractivity contribution >= 4 is 46.4 Å². The fraction of sp³-hybridized carbons (Fsp3) is 0.192. The standard InChI is InChI=1S/C25H26N2O2S.CH3NOS/c1-19-13-14-23(20(2)15-19)26-24(28)18-29-25(30)27(16-21-9-5-3-6-10-21)17-22-11-7-4-8-12-22;2-1(3)4/h3-15H,16-18H2,1-2H3,(H,26,28);(H3,2,3,4). The van der Waals surface area contributed by atoms with Crippen molar-refractivity contribution < 1.29 is 14.6 Å². The van der Waals surface area contributed by atoms with Gasteiger partial charge in [-0.3, -0.25) is 4.79 Å². The number of thiocarbonyl (C=S) groups is 2. The van der Waals surface area contributed by atoms with Gasteiger partial charge in [0.2, 0.25) is 0 Å². The number of rotatable bonds is 7. The predicted octanol–water partition coefficient (Wildman–Crippen LogP) is 5.03. The molecule has 1 amide bonds. The third kappa shape index (κ3) is 9.97. The van der Waals surface area contributed by atoms with Crippen LogP contribution in [0.1, 0.15) is 22.3 Å². The molecule has 0 radical (unpaired) electrons. The van der Waals surface area contributed by atoms with Crippen LogP contribution in [0.15, 0.2) is 78.9 Å². The molecular formula is C26H29N3O3S2. The highest BCUT2D eigenvalue weighted by molar-refractivity contribution is 7.80. The molecule has 0 fully saturated rings. The van der Waals surface area contributed by atoms with Gasteiger partial charge in [0.15, 0.2) is 6.61 Å². The zero-order valence-corrected chi connectivity index (χ0v) is 20.9. The summed E-state index contributed by atoms with van der Waals surface area (Å²) < 4.78 is 5.69. The average Bonchev–Trinajstić information content (AvgIpc) is 2.80. The molecule has 178 valence electrons. The number of nitrogens with one attached hydrogen (secondary N) is 1. The molecule has 0 unspecified atom stereocenters. The number of anilines is 1. The highest BCUT2D eigenvalue weighted by atomic mass is 32.1. The molecular weight excluding hydrogens is 466 g/mol. The third-order valence-electron chi connectivity index (χ3n) is 4.67. The number of aliphatic hydroxyl groups is 1. The lowest BCUT2D eigenvalue weighted by Gasteiger charge is -2.25. The second-order valence-corrected chi connectivity index (χ2v) is 8.35. The average molecular weight is 496 g/mol. The van der Waals surface area contributed by atoms with Gasteiger partial charge < -0.3 is 25.8 Å². The van der Waals surface area contributed by atoms with Crippen molar-refractivity contribution in [1.29, 1.82) is 0 Å². The normalized spacial score (nSPS) is 9.82. The van der Waals surface area contributed by atoms with E-state index in [1.54, 1.807) is 0 Å². The Bertz CT molecular complexity index is 1050. The first kappa shape index (κ1) is 26.8. The van der Waals surface area contributed by atoms with Crippen molar-refractivity contribution in [2.75, 3.05) is 11.9 Å². The molecule has 8 heteroatoms. The van der Waals surface area contributed by atoms with Gasteiger partial charge in [-0.25, -0.2) is 0 Å². The van der Waals surface area contributed by atoms with E-state index in [1.807, 2.05) is 97.6 Å². The minimum Gasteiger partial charge on any atom is -0.487 e. The van der Waals surface area contributed by atoms with E-state index in [-0.39, 0.29) is 12.5 Å². The zero-order chi connectivity index (χ0) is 24.9. The number of hydrogen-bond donors (Lipinski definition) is 3. The molecule has 34 heavy (non-hydrogen) atoms. The summed E-state index contributed by atoms with van der Waals surface area (Å²) in [6, 6.07) is 26.1. The molecule has 0 aliphatic rings. The minimum absolute atomic E-state index is 0.133. The highest BCUT2D eigenvalue weighted by Crippen LogP contribution is 2.16. The van der Waals surface area contributed by atoms with Gasteiger partial charge in [0, 0.05) is 18.8 Å². The molecule has 0 spiro atoms. The molecule has 0 aliphatic carbocycles. The summed E-state index contributed by atoms with van der Waals surface area (Å²) in [5, 5.41) is 10.3. The summed E-state index contributed by atoms with van der Waals surface area (Å²) in [5.41, 5.74) is 9.60. The van der Waals surface area contributed by atoms with E-state index in [0.717, 1.165) is 27.9 Å². The van der Waals surface area contributed by atoms with Crippen LogP contribution in [0, 0.1) is 13.8 Å². The number of ether oxygens (including phenoxy) is 1. The summed E-state index contributed by atoms with van der Waals surface area (Å²) in [6.07, 6.45) is 0. The SMILES string of the molecule is Cc1ccc(NC(=O)COC(=S)N(Cc2ccccc2)Cc2ccccc2)c(C)c1.NC(O)=S. The van der Waals surface area contributed by atoms with Crippen LogP contribution in [0.25, 0.3) is 0 Å². The van der Waals surface area contributed by atoms with Crippen molar-refractivity contribution in [1.82, 2.24) is 4.90 Å². The van der Waals surface area contributed by atoms with Gasteiger partial charge in [-0.2, -0.15) is 0 Å². The number of amides is 1. The molecule has 0 bridgehead atoms. The van der Waals surface area contributed by atoms with Crippen molar-refractivity contribution in [3.8, 4) is 0 Å². The summed E-state index contributed by atoms with van der Waals surface area (Å²) >= 11 is 9.39. The van der Waals surface area contributed by atoms with E-state index in [9.17, 15) is 4.79 Å². The molecule has 0 aromatic heterocycles. The van der Waals surface area contributed by atoms with Gasteiger partial charge in [0.1, 0.15) is 0 Å². The van der Waals surface area contributed by atoms with Crippen LogP contribution in [-0.4, -0.2) is 32.9 Å². The Labute approximate surface area is 211 Å². The topological polar surface area (TPSA) is 87.8 Å². The Kier molecular flexibility index (Phi) is 11.0. The maximum atomic E-state index is 12.4.